The molecule has 0 spiro atoms. The first-order chi connectivity index (χ1) is 21.8. The minimum atomic E-state index is -0.538. The predicted molar refractivity (Wildman–Crippen MR) is 171 cm³/mol. The summed E-state index contributed by atoms with van der Waals surface area (Å²) in [5, 5.41) is 16.7. The molecule has 1 fully saturated rings. The molecule has 0 bridgehead atoms. The summed E-state index contributed by atoms with van der Waals surface area (Å²) in [5.41, 5.74) is 8.94. The highest BCUT2D eigenvalue weighted by Gasteiger charge is 2.21. The third kappa shape index (κ3) is 10.6. The normalized spacial score (nSPS) is 14.8. The molecule has 1 saturated heterocycles. The Morgan fingerprint density at radius 3 is 2.58 bits per heavy atom. The molecule has 2 heterocycles. The molecule has 14 nitrogen and oxygen atoms in total. The minimum absolute atomic E-state index is 0.108. The van der Waals surface area contributed by atoms with Gasteiger partial charge >= 0.3 is 0 Å². The molecule has 45 heavy (non-hydrogen) atoms. The van der Waals surface area contributed by atoms with Gasteiger partial charge in [-0.3, -0.25) is 19.3 Å². The number of imidazole rings is 1. The molecule has 1 aliphatic rings. The van der Waals surface area contributed by atoms with E-state index in [9.17, 15) is 14.4 Å². The fraction of sp³-hybridized carbons (Fsp3) is 0.452. The Hall–Kier alpha value is -4.37. The van der Waals surface area contributed by atoms with Gasteiger partial charge in [-0.05, 0) is 62.7 Å². The number of amides is 3. The predicted octanol–water partition coefficient (Wildman–Crippen LogP) is 1.86. The highest BCUT2D eigenvalue weighted by atomic mass is 16.5. The number of aromatic amines is 1. The number of primary amides is 1. The van der Waals surface area contributed by atoms with E-state index in [0.29, 0.717) is 48.2 Å². The van der Waals surface area contributed by atoms with E-state index in [1.54, 1.807) is 18.2 Å². The van der Waals surface area contributed by atoms with Crippen molar-refractivity contribution in [1.29, 1.82) is 5.41 Å². The van der Waals surface area contributed by atoms with E-state index in [1.165, 1.54) is 19.1 Å². The number of rotatable bonds is 19. The van der Waals surface area contributed by atoms with E-state index < -0.39 is 5.91 Å². The number of likely N-dealkylation sites (tertiary alicyclic amines) is 1. The lowest BCUT2D eigenvalue weighted by atomic mass is 10.1. The lowest BCUT2D eigenvalue weighted by molar-refractivity contribution is -0.126. The first-order valence-corrected chi connectivity index (χ1v) is 15.0. The number of carbonyl (C=O) groups is 3. The summed E-state index contributed by atoms with van der Waals surface area (Å²) in [6.07, 6.45) is 3.60. The molecule has 1 aromatic heterocycles. The fourth-order valence-corrected chi connectivity index (χ4v) is 4.94. The number of hydrogen-bond acceptors (Lipinski definition) is 10. The zero-order valence-corrected chi connectivity index (χ0v) is 25.5. The molecule has 3 amide bonds. The number of hydrogen-bond donors (Lipinski definition) is 6. The maximum Gasteiger partial charge on any atom is 0.255 e. The maximum atomic E-state index is 13.0. The second-order valence-electron chi connectivity index (χ2n) is 10.7. The number of ether oxygens (including phenoxy) is 3. The number of H-pyrrole nitrogens is 1. The maximum absolute atomic E-state index is 13.0. The van der Waals surface area contributed by atoms with Gasteiger partial charge in [0.05, 0.1) is 44.0 Å². The van der Waals surface area contributed by atoms with Crippen molar-refractivity contribution in [2.45, 2.75) is 32.4 Å². The first-order valence-electron chi connectivity index (χ1n) is 15.0. The second kappa shape index (κ2) is 17.2. The highest BCUT2D eigenvalue weighted by molar-refractivity contribution is 6.06. The van der Waals surface area contributed by atoms with E-state index >= 15 is 0 Å². The van der Waals surface area contributed by atoms with Crippen LogP contribution < -0.4 is 21.7 Å². The van der Waals surface area contributed by atoms with Crippen LogP contribution in [0.25, 0.3) is 11.0 Å². The Bertz CT molecular complexity index is 1460. The number of nitrogens with two attached hydrogens (primary N) is 1. The Morgan fingerprint density at radius 1 is 1.07 bits per heavy atom. The third-order valence-electron chi connectivity index (χ3n) is 7.29. The monoisotopic (exact) mass is 622 g/mol. The van der Waals surface area contributed by atoms with Crippen LogP contribution in [0, 0.1) is 5.41 Å². The summed E-state index contributed by atoms with van der Waals surface area (Å²) in [6.45, 7) is 5.65. The highest BCUT2D eigenvalue weighted by Crippen LogP contribution is 2.22. The molecule has 1 atom stereocenters. The van der Waals surface area contributed by atoms with Crippen LogP contribution in [0.15, 0.2) is 36.4 Å². The average molecular weight is 623 g/mol. The molecule has 0 unspecified atom stereocenters. The van der Waals surface area contributed by atoms with Crippen LogP contribution in [0.1, 0.15) is 41.5 Å². The molecule has 4 rings (SSSR count). The Morgan fingerprint density at radius 2 is 1.84 bits per heavy atom. The zero-order valence-electron chi connectivity index (χ0n) is 25.5. The standard InChI is InChI=1S/C31H42N8O6/c1-21-3-2-10-39(21)18-29-37-26-7-5-24(16-27(26)38-29)36-31(42)22-4-6-25(23(15-22)17-32)34-8-9-35-30(41)20-45-14-12-43-11-13-44-19-28(33)40/h4-7,15-17,21,32,34H,2-3,8-14,18-20H2,1H3,(H2,33,40)(H,35,41)(H,36,42)(H,37,38)/t21-/m0/s1. The Balaban J connectivity index is 1.16. The molecule has 14 heteroatoms. The summed E-state index contributed by atoms with van der Waals surface area (Å²) in [5.74, 6) is -0.187. The number of nitrogens with zero attached hydrogens (tertiary/aromatic N) is 2. The van der Waals surface area contributed by atoms with Crippen LogP contribution in [0.4, 0.5) is 11.4 Å². The molecular weight excluding hydrogens is 580 g/mol. The van der Waals surface area contributed by atoms with Crippen molar-refractivity contribution in [3.63, 3.8) is 0 Å². The molecule has 242 valence electrons. The van der Waals surface area contributed by atoms with Crippen LogP contribution in [-0.2, 0) is 30.3 Å². The summed E-state index contributed by atoms with van der Waals surface area (Å²) >= 11 is 0. The third-order valence-corrected chi connectivity index (χ3v) is 7.29. The molecule has 3 aromatic rings. The van der Waals surface area contributed by atoms with Crippen LogP contribution in [0.2, 0.25) is 0 Å². The van der Waals surface area contributed by atoms with Crippen LogP contribution in [0.5, 0.6) is 0 Å². The van der Waals surface area contributed by atoms with Gasteiger partial charge < -0.3 is 46.3 Å². The Kier molecular flexibility index (Phi) is 12.8. The van der Waals surface area contributed by atoms with Crippen molar-refractivity contribution in [2.75, 3.05) is 69.9 Å². The zero-order chi connectivity index (χ0) is 32.0. The van der Waals surface area contributed by atoms with Crippen LogP contribution in [0.3, 0.4) is 0 Å². The van der Waals surface area contributed by atoms with Crippen molar-refractivity contribution < 1.29 is 28.6 Å². The van der Waals surface area contributed by atoms with Crippen LogP contribution >= 0.6 is 0 Å². The molecule has 0 saturated carbocycles. The first kappa shape index (κ1) is 33.5. The van der Waals surface area contributed by atoms with Crippen molar-refractivity contribution >= 4 is 46.3 Å². The van der Waals surface area contributed by atoms with Crippen molar-refractivity contribution in [3.05, 3.63) is 53.3 Å². The topological polar surface area (TPSA) is 197 Å². The lowest BCUT2D eigenvalue weighted by Gasteiger charge is -2.19. The smallest absolute Gasteiger partial charge is 0.255 e. The number of anilines is 2. The second-order valence-corrected chi connectivity index (χ2v) is 10.7. The molecular formula is C31H42N8O6. The number of benzene rings is 2. The number of fused-ring (bicyclic) bond motifs is 1. The van der Waals surface area contributed by atoms with E-state index in [-0.39, 0.29) is 44.8 Å². The van der Waals surface area contributed by atoms with Crippen molar-refractivity contribution in [3.8, 4) is 0 Å². The van der Waals surface area contributed by atoms with Gasteiger partial charge in [-0.15, -0.1) is 0 Å². The number of carbonyl (C=O) groups excluding carboxylic acids is 3. The van der Waals surface area contributed by atoms with E-state index in [0.717, 1.165) is 29.9 Å². The van der Waals surface area contributed by atoms with Gasteiger partial charge in [0.25, 0.3) is 5.91 Å². The van der Waals surface area contributed by atoms with Gasteiger partial charge in [-0.25, -0.2) is 4.98 Å². The van der Waals surface area contributed by atoms with Crippen molar-refractivity contribution in [2.24, 2.45) is 5.73 Å². The van der Waals surface area contributed by atoms with Gasteiger partial charge in [0.15, 0.2) is 0 Å². The van der Waals surface area contributed by atoms with Gasteiger partial charge in [0, 0.05) is 47.8 Å². The Labute approximate surface area is 261 Å². The SMILES string of the molecule is C[C@H]1CCCN1Cc1nc2cc(NC(=O)c3ccc(NCCNC(=O)COCCOCCOCC(N)=O)c(C=N)c3)ccc2[nH]1. The van der Waals surface area contributed by atoms with Gasteiger partial charge in [-0.2, -0.15) is 0 Å². The number of aromatic nitrogens is 2. The average Bonchev–Trinajstić information content (AvgIpc) is 3.62. The van der Waals surface area contributed by atoms with Gasteiger partial charge in [0.1, 0.15) is 19.0 Å². The minimum Gasteiger partial charge on any atom is -0.383 e. The summed E-state index contributed by atoms with van der Waals surface area (Å²) in [4.78, 5) is 46.1. The quantitative estimate of drug-likeness (QED) is 0.0854. The molecule has 7 N–H and O–H groups in total. The van der Waals surface area contributed by atoms with Gasteiger partial charge in [-0.1, -0.05) is 0 Å². The van der Waals surface area contributed by atoms with Gasteiger partial charge in [0.2, 0.25) is 11.8 Å². The summed E-state index contributed by atoms with van der Waals surface area (Å²) in [6, 6.07) is 11.2. The summed E-state index contributed by atoms with van der Waals surface area (Å²) in [7, 11) is 0. The van der Waals surface area contributed by atoms with E-state index in [4.69, 9.17) is 30.3 Å². The van der Waals surface area contributed by atoms with Crippen molar-refractivity contribution in [1.82, 2.24) is 20.2 Å². The largest absolute Gasteiger partial charge is 0.383 e. The number of nitrogens with one attached hydrogen (secondary N) is 5. The lowest BCUT2D eigenvalue weighted by Crippen LogP contribution is -2.32. The molecule has 0 radical (unpaired) electrons. The van der Waals surface area contributed by atoms with Crippen LogP contribution in [-0.4, -0.2) is 104 Å². The molecule has 2 aromatic carbocycles. The molecule has 0 aliphatic carbocycles. The summed E-state index contributed by atoms with van der Waals surface area (Å²) < 4.78 is 15.5. The van der Waals surface area contributed by atoms with E-state index in [1.807, 2.05) is 18.2 Å². The van der Waals surface area contributed by atoms with E-state index in [2.05, 4.69) is 32.8 Å². The molecule has 1 aliphatic heterocycles. The fourth-order valence-electron chi connectivity index (χ4n) is 4.94.